The van der Waals surface area contributed by atoms with Crippen molar-refractivity contribution in [3.63, 3.8) is 0 Å². The molecule has 0 saturated heterocycles. The maximum absolute atomic E-state index is 9.58. The number of aliphatic hydroxyl groups is 1. The quantitative estimate of drug-likeness (QED) is 0.497. The minimum atomic E-state index is 0.111. The van der Waals surface area contributed by atoms with Gasteiger partial charge in [0.05, 0.1) is 0 Å². The molecule has 3 N–H and O–H groups in total. The molecule has 0 atom stereocenters. The van der Waals surface area contributed by atoms with Crippen LogP contribution in [0.4, 0.5) is 5.69 Å². The van der Waals surface area contributed by atoms with Crippen molar-refractivity contribution in [1.29, 1.82) is 0 Å². The zero-order valence-corrected chi connectivity index (χ0v) is 13.9. The summed E-state index contributed by atoms with van der Waals surface area (Å²) in [5.74, 6) is 0.111. The molecule has 0 aliphatic carbocycles. The average Bonchev–Trinajstić information content (AvgIpc) is 2.98. The van der Waals surface area contributed by atoms with E-state index in [0.29, 0.717) is 0 Å². The van der Waals surface area contributed by atoms with E-state index in [2.05, 4.69) is 25.6 Å². The molecule has 116 valence electrons. The Hall–Kier alpha value is -2.52. The molecule has 1 aromatic heterocycles. The van der Waals surface area contributed by atoms with Gasteiger partial charge in [-0.3, -0.25) is 0 Å². The van der Waals surface area contributed by atoms with Gasteiger partial charge in [0.15, 0.2) is 0 Å². The zero-order valence-electron chi connectivity index (χ0n) is 13.0. The lowest BCUT2D eigenvalue weighted by molar-refractivity contribution is 0.513. The summed E-state index contributed by atoms with van der Waals surface area (Å²) in [5, 5.41) is 9.58. The predicted molar refractivity (Wildman–Crippen MR) is 99.8 cm³/mol. The number of anilines is 1. The Morgan fingerprint density at radius 3 is 2.52 bits per heavy atom. The molecule has 3 heteroatoms. The van der Waals surface area contributed by atoms with Gasteiger partial charge >= 0.3 is 0 Å². The Morgan fingerprint density at radius 1 is 1.09 bits per heavy atom. The fraction of sp³-hybridized carbons (Fsp3) is 0.100. The van der Waals surface area contributed by atoms with E-state index in [-0.39, 0.29) is 5.76 Å². The molecule has 23 heavy (non-hydrogen) atoms. The first-order chi connectivity index (χ1) is 11.0. The van der Waals surface area contributed by atoms with Crippen LogP contribution in [0, 0.1) is 6.92 Å². The van der Waals surface area contributed by atoms with E-state index in [1.807, 2.05) is 42.5 Å². The summed E-state index contributed by atoms with van der Waals surface area (Å²) >= 11 is 1.78. The van der Waals surface area contributed by atoms with Gasteiger partial charge in [0, 0.05) is 27.4 Å². The van der Waals surface area contributed by atoms with Crippen molar-refractivity contribution in [1.82, 2.24) is 0 Å². The van der Waals surface area contributed by atoms with Crippen molar-refractivity contribution >= 4 is 22.8 Å². The molecular weight excluding hydrogens is 302 g/mol. The Balaban J connectivity index is 1.86. The third-order valence-electron chi connectivity index (χ3n) is 3.90. The molecule has 2 nitrogen and oxygen atoms in total. The van der Waals surface area contributed by atoms with Gasteiger partial charge in [-0.25, -0.2) is 0 Å². The average molecular weight is 321 g/mol. The Labute approximate surface area is 140 Å². The number of nitrogens with two attached hydrogens (primary N) is 1. The van der Waals surface area contributed by atoms with Crippen molar-refractivity contribution in [2.24, 2.45) is 0 Å². The number of rotatable bonds is 4. The minimum absolute atomic E-state index is 0.111. The molecule has 0 radical (unpaired) electrons. The number of thiophene rings is 1. The Morgan fingerprint density at radius 2 is 1.83 bits per heavy atom. The minimum Gasteiger partial charge on any atom is -0.508 e. The second-order valence-electron chi connectivity index (χ2n) is 5.65. The van der Waals surface area contributed by atoms with Crippen molar-refractivity contribution < 1.29 is 5.11 Å². The summed E-state index contributed by atoms with van der Waals surface area (Å²) in [7, 11) is 0. The summed E-state index contributed by atoms with van der Waals surface area (Å²) in [4.78, 5) is 2.53. The second-order valence-corrected chi connectivity index (χ2v) is 6.82. The van der Waals surface area contributed by atoms with E-state index in [1.165, 1.54) is 26.4 Å². The van der Waals surface area contributed by atoms with Crippen LogP contribution in [0.3, 0.4) is 0 Å². The van der Waals surface area contributed by atoms with Crippen molar-refractivity contribution in [3.8, 4) is 10.4 Å². The van der Waals surface area contributed by atoms with Crippen LogP contribution in [0.15, 0.2) is 61.2 Å². The monoisotopic (exact) mass is 321 g/mol. The first kappa shape index (κ1) is 15.4. The molecule has 0 saturated carbocycles. The largest absolute Gasteiger partial charge is 0.508 e. The van der Waals surface area contributed by atoms with E-state index in [0.717, 1.165) is 17.7 Å². The van der Waals surface area contributed by atoms with Crippen LogP contribution in [0.1, 0.15) is 21.6 Å². The lowest BCUT2D eigenvalue weighted by Crippen LogP contribution is -1.92. The summed E-state index contributed by atoms with van der Waals surface area (Å²) in [6.07, 6.45) is 0.854. The number of hydrogen-bond donors (Lipinski definition) is 2. The van der Waals surface area contributed by atoms with Crippen LogP contribution < -0.4 is 5.73 Å². The van der Waals surface area contributed by atoms with Crippen LogP contribution in [-0.4, -0.2) is 5.11 Å². The standard InChI is InChI=1S/C20H19NOS/c1-13-3-4-16(14(2)22)11-17(13)12-19-9-10-20(23-19)15-5-7-18(21)8-6-15/h3-11,22H,2,12,21H2,1H3. The number of aryl methyl sites for hydroxylation is 1. The summed E-state index contributed by atoms with van der Waals surface area (Å²) in [5.41, 5.74) is 10.9. The van der Waals surface area contributed by atoms with Gasteiger partial charge in [0.2, 0.25) is 0 Å². The highest BCUT2D eigenvalue weighted by atomic mass is 32.1. The van der Waals surface area contributed by atoms with E-state index in [1.54, 1.807) is 11.3 Å². The molecule has 0 aliphatic heterocycles. The molecule has 0 unspecified atom stereocenters. The number of hydrogen-bond acceptors (Lipinski definition) is 3. The molecule has 0 spiro atoms. The molecule has 2 aromatic carbocycles. The molecule has 0 aliphatic rings. The van der Waals surface area contributed by atoms with Gasteiger partial charge in [-0.1, -0.05) is 30.8 Å². The van der Waals surface area contributed by atoms with Gasteiger partial charge in [-0.15, -0.1) is 11.3 Å². The number of nitrogen functional groups attached to an aromatic ring is 1. The topological polar surface area (TPSA) is 46.2 Å². The maximum atomic E-state index is 9.58. The highest BCUT2D eigenvalue weighted by Crippen LogP contribution is 2.30. The molecule has 0 bridgehead atoms. The molecule has 3 rings (SSSR count). The van der Waals surface area contributed by atoms with Gasteiger partial charge in [-0.2, -0.15) is 0 Å². The van der Waals surface area contributed by atoms with Crippen LogP contribution in [-0.2, 0) is 6.42 Å². The Bertz CT molecular complexity index is 846. The zero-order chi connectivity index (χ0) is 16.4. The molecule has 3 aromatic rings. The number of aliphatic hydroxyl groups excluding tert-OH is 1. The normalized spacial score (nSPS) is 10.7. The maximum Gasteiger partial charge on any atom is 0.115 e. The highest BCUT2D eigenvalue weighted by molar-refractivity contribution is 7.15. The SMILES string of the molecule is C=C(O)c1ccc(C)c(Cc2ccc(-c3ccc(N)cc3)s2)c1. The molecule has 1 heterocycles. The fourth-order valence-corrected chi connectivity index (χ4v) is 3.54. The van der Waals surface area contributed by atoms with Gasteiger partial charge in [-0.05, 0) is 53.9 Å². The third-order valence-corrected chi connectivity index (χ3v) is 5.04. The third kappa shape index (κ3) is 3.46. The van der Waals surface area contributed by atoms with E-state index in [9.17, 15) is 5.11 Å². The van der Waals surface area contributed by atoms with E-state index >= 15 is 0 Å². The molecule has 0 amide bonds. The lowest BCUT2D eigenvalue weighted by atomic mass is 10.0. The summed E-state index contributed by atoms with van der Waals surface area (Å²) in [6, 6.07) is 18.2. The fourth-order valence-electron chi connectivity index (χ4n) is 2.50. The van der Waals surface area contributed by atoms with Crippen molar-refractivity contribution in [2.75, 3.05) is 5.73 Å². The summed E-state index contributed by atoms with van der Waals surface area (Å²) < 4.78 is 0. The lowest BCUT2D eigenvalue weighted by Gasteiger charge is -2.07. The molecule has 0 fully saturated rings. The van der Waals surface area contributed by atoms with Crippen LogP contribution in [0.25, 0.3) is 16.2 Å². The second kappa shape index (κ2) is 6.31. The molecular formula is C20H19NOS. The van der Waals surface area contributed by atoms with Gasteiger partial charge in [0.1, 0.15) is 5.76 Å². The number of benzene rings is 2. The van der Waals surface area contributed by atoms with Crippen molar-refractivity contribution in [3.05, 3.63) is 82.7 Å². The first-order valence-electron chi connectivity index (χ1n) is 7.45. The predicted octanol–water partition coefficient (Wildman–Crippen LogP) is 5.43. The van der Waals surface area contributed by atoms with E-state index in [4.69, 9.17) is 5.73 Å². The van der Waals surface area contributed by atoms with Gasteiger partial charge < -0.3 is 10.8 Å². The van der Waals surface area contributed by atoms with Crippen LogP contribution in [0.2, 0.25) is 0 Å². The van der Waals surface area contributed by atoms with Crippen LogP contribution in [0.5, 0.6) is 0 Å². The smallest absolute Gasteiger partial charge is 0.115 e. The van der Waals surface area contributed by atoms with E-state index < -0.39 is 0 Å². The highest BCUT2D eigenvalue weighted by Gasteiger charge is 2.07. The van der Waals surface area contributed by atoms with Gasteiger partial charge in [0.25, 0.3) is 0 Å². The first-order valence-corrected chi connectivity index (χ1v) is 8.27. The Kier molecular flexibility index (Phi) is 4.22. The van der Waals surface area contributed by atoms with Crippen LogP contribution >= 0.6 is 11.3 Å². The summed E-state index contributed by atoms with van der Waals surface area (Å²) in [6.45, 7) is 5.69. The van der Waals surface area contributed by atoms with Crippen molar-refractivity contribution in [2.45, 2.75) is 13.3 Å².